The van der Waals surface area contributed by atoms with Gasteiger partial charge in [0.2, 0.25) is 5.91 Å². The third kappa shape index (κ3) is 4.80. The van der Waals surface area contributed by atoms with E-state index in [1.54, 1.807) is 30.3 Å². The SMILES string of the molecule is COc1cc(Br)cc(/C=C2\SC(=O)N(CC(=O)Nc3cccc(C)c3)C2=O)c1O. The minimum Gasteiger partial charge on any atom is -0.504 e. The molecule has 150 valence electrons. The highest BCUT2D eigenvalue weighted by molar-refractivity contribution is 9.10. The topological polar surface area (TPSA) is 95.9 Å². The fourth-order valence-electron chi connectivity index (χ4n) is 2.70. The van der Waals surface area contributed by atoms with Crippen LogP contribution in [0.2, 0.25) is 0 Å². The number of carbonyl (C=O) groups excluding carboxylic acids is 3. The molecule has 2 aromatic carbocycles. The van der Waals surface area contributed by atoms with E-state index >= 15 is 0 Å². The minimum atomic E-state index is -0.599. The molecule has 0 bridgehead atoms. The van der Waals surface area contributed by atoms with Crippen molar-refractivity contribution in [1.82, 2.24) is 4.90 Å². The number of imide groups is 1. The molecule has 29 heavy (non-hydrogen) atoms. The molecule has 2 N–H and O–H groups in total. The van der Waals surface area contributed by atoms with E-state index < -0.39 is 23.6 Å². The maximum absolute atomic E-state index is 12.6. The fourth-order valence-corrected chi connectivity index (χ4v) is 3.99. The number of methoxy groups -OCH3 is 1. The van der Waals surface area contributed by atoms with Gasteiger partial charge in [0.1, 0.15) is 6.54 Å². The van der Waals surface area contributed by atoms with Gasteiger partial charge in [-0.2, -0.15) is 0 Å². The van der Waals surface area contributed by atoms with Crippen LogP contribution in [0.5, 0.6) is 11.5 Å². The normalized spacial score (nSPS) is 15.1. The van der Waals surface area contributed by atoms with E-state index in [4.69, 9.17) is 4.74 Å². The smallest absolute Gasteiger partial charge is 0.294 e. The lowest BCUT2D eigenvalue weighted by Gasteiger charge is -2.12. The monoisotopic (exact) mass is 476 g/mol. The molecule has 0 aromatic heterocycles. The molecule has 0 saturated carbocycles. The van der Waals surface area contributed by atoms with Gasteiger partial charge in [-0.05, 0) is 54.6 Å². The zero-order valence-corrected chi connectivity index (χ0v) is 18.0. The molecule has 0 aliphatic carbocycles. The third-order valence-electron chi connectivity index (χ3n) is 4.05. The minimum absolute atomic E-state index is 0.105. The molecule has 1 aliphatic heterocycles. The lowest BCUT2D eigenvalue weighted by atomic mass is 10.1. The number of hydrogen-bond acceptors (Lipinski definition) is 6. The molecule has 1 heterocycles. The predicted molar refractivity (Wildman–Crippen MR) is 115 cm³/mol. The summed E-state index contributed by atoms with van der Waals surface area (Å²) in [7, 11) is 1.41. The van der Waals surface area contributed by atoms with Gasteiger partial charge >= 0.3 is 0 Å². The number of hydrogen-bond donors (Lipinski definition) is 2. The zero-order chi connectivity index (χ0) is 21.1. The molecule has 0 spiro atoms. The van der Waals surface area contributed by atoms with Crippen LogP contribution in [-0.2, 0) is 9.59 Å². The van der Waals surface area contributed by atoms with Crippen molar-refractivity contribution in [1.29, 1.82) is 0 Å². The number of aromatic hydroxyl groups is 1. The number of rotatable bonds is 5. The molecule has 9 heteroatoms. The van der Waals surface area contributed by atoms with Gasteiger partial charge in [-0.25, -0.2) is 0 Å². The maximum Gasteiger partial charge on any atom is 0.294 e. The number of nitrogens with zero attached hydrogens (tertiary/aromatic N) is 1. The van der Waals surface area contributed by atoms with Crippen molar-refractivity contribution >= 4 is 56.5 Å². The van der Waals surface area contributed by atoms with Crippen LogP contribution < -0.4 is 10.1 Å². The van der Waals surface area contributed by atoms with Crippen molar-refractivity contribution in [2.24, 2.45) is 0 Å². The van der Waals surface area contributed by atoms with Crippen molar-refractivity contribution in [3.05, 3.63) is 56.9 Å². The van der Waals surface area contributed by atoms with Crippen molar-refractivity contribution in [3.63, 3.8) is 0 Å². The summed E-state index contributed by atoms with van der Waals surface area (Å²) in [5, 5.41) is 12.4. The lowest BCUT2D eigenvalue weighted by molar-refractivity contribution is -0.127. The first-order chi connectivity index (χ1) is 13.8. The summed E-state index contributed by atoms with van der Waals surface area (Å²) >= 11 is 4.01. The van der Waals surface area contributed by atoms with Crippen LogP contribution in [0.3, 0.4) is 0 Å². The van der Waals surface area contributed by atoms with Crippen LogP contribution >= 0.6 is 27.7 Å². The van der Waals surface area contributed by atoms with Crippen molar-refractivity contribution in [2.45, 2.75) is 6.92 Å². The highest BCUT2D eigenvalue weighted by Crippen LogP contribution is 2.38. The predicted octanol–water partition coefficient (Wildman–Crippen LogP) is 4.15. The Bertz CT molecular complexity index is 1040. The van der Waals surface area contributed by atoms with Crippen molar-refractivity contribution in [2.75, 3.05) is 19.0 Å². The molecule has 0 unspecified atom stereocenters. The first kappa shape index (κ1) is 20.9. The Morgan fingerprint density at radius 2 is 2.07 bits per heavy atom. The average Bonchev–Trinajstić information content (AvgIpc) is 2.91. The molecule has 3 amide bonds. The number of amides is 3. The number of phenolic OH excluding ortho intramolecular Hbond substituents is 1. The van der Waals surface area contributed by atoms with E-state index in [-0.39, 0.29) is 16.4 Å². The molecule has 7 nitrogen and oxygen atoms in total. The molecule has 0 radical (unpaired) electrons. The highest BCUT2D eigenvalue weighted by atomic mass is 79.9. The Kier molecular flexibility index (Phi) is 6.29. The standard InChI is InChI=1S/C20H17BrN2O5S/c1-11-4-3-5-14(6-11)22-17(24)10-23-19(26)16(29-20(23)27)8-12-7-13(21)9-15(28-2)18(12)25/h3-9,25H,10H2,1-2H3,(H,22,24)/b16-8-. The van der Waals surface area contributed by atoms with E-state index in [1.165, 1.54) is 13.2 Å². The number of anilines is 1. The van der Waals surface area contributed by atoms with Crippen LogP contribution in [0.15, 0.2) is 45.8 Å². The van der Waals surface area contributed by atoms with Gasteiger partial charge in [-0.1, -0.05) is 28.1 Å². The summed E-state index contributed by atoms with van der Waals surface area (Å²) < 4.78 is 5.72. The quantitative estimate of drug-likeness (QED) is 0.629. The first-order valence-electron chi connectivity index (χ1n) is 8.47. The molecular weight excluding hydrogens is 460 g/mol. The van der Waals surface area contributed by atoms with E-state index in [9.17, 15) is 19.5 Å². The number of ether oxygens (including phenoxy) is 1. The summed E-state index contributed by atoms with van der Waals surface area (Å²) in [6, 6.07) is 10.4. The number of carbonyl (C=O) groups is 3. The van der Waals surface area contributed by atoms with Crippen molar-refractivity contribution in [3.8, 4) is 11.5 Å². The van der Waals surface area contributed by atoms with E-state index in [0.29, 0.717) is 27.5 Å². The molecular formula is C20H17BrN2O5S. The van der Waals surface area contributed by atoms with Crippen molar-refractivity contribution < 1.29 is 24.2 Å². The second-order valence-electron chi connectivity index (χ2n) is 6.23. The van der Waals surface area contributed by atoms with E-state index in [2.05, 4.69) is 21.2 Å². The van der Waals surface area contributed by atoms with Crippen LogP contribution in [-0.4, -0.2) is 40.7 Å². The summed E-state index contributed by atoms with van der Waals surface area (Å²) in [5.74, 6) is -1.01. The van der Waals surface area contributed by atoms with Gasteiger partial charge in [0.25, 0.3) is 11.1 Å². The van der Waals surface area contributed by atoms with Gasteiger partial charge in [-0.15, -0.1) is 0 Å². The first-order valence-corrected chi connectivity index (χ1v) is 10.1. The lowest BCUT2D eigenvalue weighted by Crippen LogP contribution is -2.36. The second kappa shape index (κ2) is 8.71. The maximum atomic E-state index is 12.6. The summed E-state index contributed by atoms with van der Waals surface area (Å²) in [6.45, 7) is 1.49. The van der Waals surface area contributed by atoms with Gasteiger partial charge in [0.05, 0.1) is 12.0 Å². The van der Waals surface area contributed by atoms with Gasteiger partial charge < -0.3 is 15.2 Å². The Labute approximate surface area is 179 Å². The average molecular weight is 477 g/mol. The third-order valence-corrected chi connectivity index (χ3v) is 5.42. The van der Waals surface area contributed by atoms with Gasteiger partial charge in [0.15, 0.2) is 11.5 Å². The molecule has 1 saturated heterocycles. The number of thioether (sulfide) groups is 1. The molecule has 3 rings (SSSR count). The Balaban J connectivity index is 1.77. The Morgan fingerprint density at radius 1 is 1.31 bits per heavy atom. The molecule has 2 aromatic rings. The number of aryl methyl sites for hydroxylation is 1. The number of nitrogens with one attached hydrogen (secondary N) is 1. The zero-order valence-electron chi connectivity index (χ0n) is 15.6. The van der Waals surface area contributed by atoms with Gasteiger partial charge in [0, 0.05) is 15.7 Å². The fraction of sp³-hybridized carbons (Fsp3) is 0.150. The van der Waals surface area contributed by atoms with E-state index in [1.807, 2.05) is 13.0 Å². The number of halogens is 1. The summed E-state index contributed by atoms with van der Waals surface area (Å²) in [5.41, 5.74) is 1.87. The number of benzene rings is 2. The Morgan fingerprint density at radius 3 is 2.76 bits per heavy atom. The van der Waals surface area contributed by atoms with E-state index in [0.717, 1.165) is 10.5 Å². The Hall–Kier alpha value is -2.78. The summed E-state index contributed by atoms with van der Waals surface area (Å²) in [4.78, 5) is 38.1. The molecule has 1 fully saturated rings. The second-order valence-corrected chi connectivity index (χ2v) is 8.14. The van der Waals surface area contributed by atoms with Crippen LogP contribution in [0, 0.1) is 6.92 Å². The summed E-state index contributed by atoms with van der Waals surface area (Å²) in [6.07, 6.45) is 1.39. The van der Waals surface area contributed by atoms with Crippen LogP contribution in [0.25, 0.3) is 6.08 Å². The highest BCUT2D eigenvalue weighted by Gasteiger charge is 2.36. The van der Waals surface area contributed by atoms with Gasteiger partial charge in [-0.3, -0.25) is 19.3 Å². The molecule has 1 aliphatic rings. The molecule has 0 atom stereocenters. The largest absolute Gasteiger partial charge is 0.504 e. The van der Waals surface area contributed by atoms with Crippen LogP contribution in [0.1, 0.15) is 11.1 Å². The van der Waals surface area contributed by atoms with Crippen LogP contribution in [0.4, 0.5) is 10.5 Å². The number of phenols is 1.